The third-order valence-electron chi connectivity index (χ3n) is 2.30. The number of aromatic nitrogens is 2. The molecule has 0 saturated heterocycles. The van der Waals surface area contributed by atoms with Gasteiger partial charge in [0, 0.05) is 19.6 Å². The fourth-order valence-corrected chi connectivity index (χ4v) is 2.92. The molecule has 1 heterocycles. The van der Waals surface area contributed by atoms with Crippen molar-refractivity contribution in [1.29, 1.82) is 0 Å². The molecule has 5 nitrogen and oxygen atoms in total. The van der Waals surface area contributed by atoms with Crippen molar-refractivity contribution in [3.63, 3.8) is 0 Å². The summed E-state index contributed by atoms with van der Waals surface area (Å²) in [6.45, 7) is 0. The minimum Gasteiger partial charge on any atom is -0.307 e. The van der Waals surface area contributed by atoms with E-state index in [2.05, 4.69) is 9.97 Å². The summed E-state index contributed by atoms with van der Waals surface area (Å²) >= 11 is 5.79. The molecule has 2 aromatic rings. The predicted octanol–water partition coefficient (Wildman–Crippen LogP) is 2.39. The Hall–Kier alpha value is -1.00. The molecular weight excluding hydrogens is 263 g/mol. The molecule has 7 heteroatoms. The van der Waals surface area contributed by atoms with Crippen molar-refractivity contribution in [3.8, 4) is 0 Å². The first kappa shape index (κ1) is 12.5. The molecule has 2 rings (SSSR count). The Balaban J connectivity index is 2.80. The van der Waals surface area contributed by atoms with E-state index in [4.69, 9.17) is 20.6 Å². The Labute approximate surface area is 103 Å². The zero-order valence-electron chi connectivity index (χ0n) is 9.25. The molecule has 0 N–H and O–H groups in total. The molecule has 0 aliphatic carbocycles. The second kappa shape index (κ2) is 4.70. The van der Waals surface area contributed by atoms with Crippen LogP contribution in [0.2, 0.25) is 5.28 Å². The highest BCUT2D eigenvalue weighted by Crippen LogP contribution is 2.46. The molecule has 0 saturated carbocycles. The van der Waals surface area contributed by atoms with Crippen molar-refractivity contribution in [1.82, 2.24) is 9.97 Å². The number of fused-ring (bicyclic) bond motifs is 1. The normalized spacial score (nSPS) is 11.9. The smallest absolute Gasteiger partial charge is 0.307 e. The van der Waals surface area contributed by atoms with Crippen molar-refractivity contribution < 1.29 is 13.6 Å². The van der Waals surface area contributed by atoms with Crippen molar-refractivity contribution in [2.24, 2.45) is 0 Å². The van der Waals surface area contributed by atoms with Crippen LogP contribution in [0.3, 0.4) is 0 Å². The Morgan fingerprint density at radius 3 is 2.47 bits per heavy atom. The molecule has 0 amide bonds. The standard InChI is InChI=1S/C10H10ClN2O3P/c1-15-17(14,16-2)9-7-5-3-4-6-8(7)12-10(11)13-9/h3-6H,1-2H3. The minimum absolute atomic E-state index is 0.00743. The van der Waals surface area contributed by atoms with Crippen molar-refractivity contribution in [3.05, 3.63) is 29.5 Å². The van der Waals surface area contributed by atoms with Crippen molar-refractivity contribution in [2.45, 2.75) is 0 Å². The predicted molar refractivity (Wildman–Crippen MR) is 65.8 cm³/mol. The highest BCUT2D eigenvalue weighted by Gasteiger charge is 2.29. The first-order chi connectivity index (χ1) is 8.10. The van der Waals surface area contributed by atoms with E-state index in [0.717, 1.165) is 0 Å². The highest BCUT2D eigenvalue weighted by atomic mass is 35.5. The molecule has 0 spiro atoms. The van der Waals surface area contributed by atoms with Gasteiger partial charge in [-0.05, 0) is 17.7 Å². The van der Waals surface area contributed by atoms with Gasteiger partial charge in [0.05, 0.1) is 5.52 Å². The van der Waals surface area contributed by atoms with Gasteiger partial charge in [0.2, 0.25) is 5.28 Å². The Bertz CT molecular complexity index is 597. The number of para-hydroxylation sites is 1. The second-order valence-electron chi connectivity index (χ2n) is 3.20. The molecule has 0 fully saturated rings. The van der Waals surface area contributed by atoms with Crippen LogP contribution in [-0.4, -0.2) is 24.2 Å². The van der Waals surface area contributed by atoms with E-state index in [9.17, 15) is 4.57 Å². The van der Waals surface area contributed by atoms with Gasteiger partial charge in [-0.15, -0.1) is 0 Å². The first-order valence-electron chi connectivity index (χ1n) is 4.75. The number of benzene rings is 1. The monoisotopic (exact) mass is 272 g/mol. The van der Waals surface area contributed by atoms with Gasteiger partial charge in [0.1, 0.15) is 0 Å². The molecule has 0 bridgehead atoms. The van der Waals surface area contributed by atoms with Crippen molar-refractivity contribution in [2.75, 3.05) is 14.2 Å². The van der Waals surface area contributed by atoms with Crippen LogP contribution in [0.5, 0.6) is 0 Å². The van der Waals surface area contributed by atoms with E-state index in [1.165, 1.54) is 14.2 Å². The molecule has 90 valence electrons. The van der Waals surface area contributed by atoms with Gasteiger partial charge in [0.25, 0.3) is 0 Å². The summed E-state index contributed by atoms with van der Waals surface area (Å²) in [4.78, 5) is 8.00. The fraction of sp³-hybridized carbons (Fsp3) is 0.200. The highest BCUT2D eigenvalue weighted by molar-refractivity contribution is 7.62. The maximum Gasteiger partial charge on any atom is 0.379 e. The van der Waals surface area contributed by atoms with E-state index in [1.807, 2.05) is 0 Å². The van der Waals surface area contributed by atoms with E-state index >= 15 is 0 Å². The maximum absolute atomic E-state index is 12.3. The van der Waals surface area contributed by atoms with Gasteiger partial charge in [0.15, 0.2) is 5.44 Å². The van der Waals surface area contributed by atoms with Crippen LogP contribution >= 0.6 is 19.2 Å². The van der Waals surface area contributed by atoms with Gasteiger partial charge < -0.3 is 9.05 Å². The second-order valence-corrected chi connectivity index (χ2v) is 5.68. The summed E-state index contributed by atoms with van der Waals surface area (Å²) < 4.78 is 22.2. The Morgan fingerprint density at radius 1 is 1.18 bits per heavy atom. The summed E-state index contributed by atoms with van der Waals surface area (Å²) in [5.41, 5.74) is 0.773. The lowest BCUT2D eigenvalue weighted by atomic mass is 10.2. The molecule has 0 aliphatic heterocycles. The van der Waals surface area contributed by atoms with Gasteiger partial charge in [-0.3, -0.25) is 4.57 Å². The van der Waals surface area contributed by atoms with Crippen LogP contribution in [0, 0.1) is 0 Å². The lowest BCUT2D eigenvalue weighted by Gasteiger charge is -2.14. The van der Waals surface area contributed by atoms with Crippen LogP contribution in [0.4, 0.5) is 0 Å². The zero-order valence-corrected chi connectivity index (χ0v) is 10.9. The lowest BCUT2D eigenvalue weighted by Crippen LogP contribution is -2.14. The molecule has 1 aromatic carbocycles. The number of hydrogen-bond acceptors (Lipinski definition) is 5. The van der Waals surface area contributed by atoms with Gasteiger partial charge in [-0.1, -0.05) is 18.2 Å². The third-order valence-corrected chi connectivity index (χ3v) is 4.29. The Kier molecular flexibility index (Phi) is 3.45. The van der Waals surface area contributed by atoms with E-state index < -0.39 is 7.60 Å². The molecule has 0 radical (unpaired) electrons. The molecule has 0 aliphatic rings. The summed E-state index contributed by atoms with van der Waals surface area (Å²) in [5, 5.41) is 0.608. The minimum atomic E-state index is -3.44. The van der Waals surface area contributed by atoms with Crippen molar-refractivity contribution >= 4 is 35.5 Å². The Morgan fingerprint density at radius 2 is 1.82 bits per heavy atom. The SMILES string of the molecule is COP(=O)(OC)c1nc(Cl)nc2ccccc12. The molecule has 17 heavy (non-hydrogen) atoms. The number of rotatable bonds is 3. The molecule has 1 aromatic heterocycles. The zero-order chi connectivity index (χ0) is 12.5. The van der Waals surface area contributed by atoms with Crippen LogP contribution in [0.25, 0.3) is 10.9 Å². The number of hydrogen-bond donors (Lipinski definition) is 0. The average Bonchev–Trinajstić information content (AvgIpc) is 2.36. The summed E-state index contributed by atoms with van der Waals surface area (Å²) in [6.07, 6.45) is 0. The van der Waals surface area contributed by atoms with Crippen LogP contribution < -0.4 is 5.44 Å². The molecule has 0 atom stereocenters. The third kappa shape index (κ3) is 2.19. The van der Waals surface area contributed by atoms with E-state index in [-0.39, 0.29) is 10.7 Å². The first-order valence-corrected chi connectivity index (χ1v) is 6.67. The van der Waals surface area contributed by atoms with Crippen LogP contribution in [0.1, 0.15) is 0 Å². The number of halogens is 1. The van der Waals surface area contributed by atoms with Gasteiger partial charge in [-0.25, -0.2) is 9.97 Å². The van der Waals surface area contributed by atoms with Crippen LogP contribution in [0.15, 0.2) is 24.3 Å². The number of nitrogens with zero attached hydrogens (tertiary/aromatic N) is 2. The maximum atomic E-state index is 12.3. The van der Waals surface area contributed by atoms with Crippen LogP contribution in [-0.2, 0) is 13.6 Å². The summed E-state index contributed by atoms with van der Waals surface area (Å²) in [6, 6.07) is 7.09. The summed E-state index contributed by atoms with van der Waals surface area (Å²) in [5.74, 6) is 0. The largest absolute Gasteiger partial charge is 0.379 e. The van der Waals surface area contributed by atoms with Gasteiger partial charge in [-0.2, -0.15) is 0 Å². The lowest BCUT2D eigenvalue weighted by molar-refractivity contribution is 0.287. The molecule has 0 unspecified atom stereocenters. The fourth-order valence-electron chi connectivity index (χ4n) is 1.49. The van der Waals surface area contributed by atoms with E-state index in [0.29, 0.717) is 10.9 Å². The van der Waals surface area contributed by atoms with E-state index in [1.54, 1.807) is 24.3 Å². The van der Waals surface area contributed by atoms with Gasteiger partial charge >= 0.3 is 7.60 Å². The topological polar surface area (TPSA) is 61.3 Å². The molecular formula is C10H10ClN2O3P. The average molecular weight is 273 g/mol. The summed E-state index contributed by atoms with van der Waals surface area (Å²) in [7, 11) is -0.840. The quantitative estimate of drug-likeness (QED) is 0.634.